The summed E-state index contributed by atoms with van der Waals surface area (Å²) >= 11 is 0. The Balaban J connectivity index is 1.49. The Morgan fingerprint density at radius 3 is 2.05 bits per heavy atom. The molecule has 7 aromatic rings. The van der Waals surface area contributed by atoms with Crippen LogP contribution in [0.1, 0.15) is 36.1 Å². The van der Waals surface area contributed by atoms with E-state index in [0.717, 1.165) is 39.0 Å². The number of rotatable bonds is 3. The minimum atomic E-state index is -0.125. The van der Waals surface area contributed by atoms with Crippen LogP contribution in [0.2, 0.25) is 0 Å². The topological polar surface area (TPSA) is 16.4 Å². The molecule has 0 unspecified atom stereocenters. The number of hydrogen-bond acceptors (Lipinski definition) is 2. The molecule has 0 fully saturated rings. The van der Waals surface area contributed by atoms with Crippen LogP contribution in [-0.4, -0.2) is 0 Å². The lowest BCUT2D eigenvalue weighted by Crippen LogP contribution is -2.17. The number of fused-ring (bicyclic) bond motifs is 8. The van der Waals surface area contributed by atoms with Crippen LogP contribution < -0.4 is 4.90 Å². The molecule has 2 nitrogen and oxygen atoms in total. The second-order valence-electron chi connectivity index (χ2n) is 12.0. The first-order valence-corrected chi connectivity index (χ1v) is 14.4. The molecule has 0 N–H and O–H groups in total. The summed E-state index contributed by atoms with van der Waals surface area (Å²) in [5, 5.41) is 4.77. The van der Waals surface area contributed by atoms with E-state index in [1.807, 2.05) is 6.07 Å². The first kappa shape index (κ1) is 24.0. The Hall–Kier alpha value is -4.82. The predicted octanol–water partition coefficient (Wildman–Crippen LogP) is 11.1. The molecule has 0 amide bonds. The third-order valence-corrected chi connectivity index (χ3v) is 8.97. The standard InChI is InChI=1S/C39H31NO/c1-24-16-19-26(20-17-24)40(34-14-9-13-30-28-11-7-8-15-36(28)41-38(30)34)35-23-33-37(29-12-6-5-10-27(29)35)31-21-18-25(2)22-32(31)39(33,3)4/h5-23H,1-4H3. The number of aryl methyl sites for hydroxylation is 2. The van der Waals surface area contributed by atoms with Gasteiger partial charge in [0, 0.05) is 27.3 Å². The average Bonchev–Trinajstić information content (AvgIpc) is 3.47. The Morgan fingerprint density at radius 1 is 0.561 bits per heavy atom. The highest BCUT2D eigenvalue weighted by Gasteiger charge is 2.38. The fraction of sp³-hybridized carbons (Fsp3) is 0.128. The van der Waals surface area contributed by atoms with Gasteiger partial charge in [-0.2, -0.15) is 0 Å². The first-order chi connectivity index (χ1) is 19.9. The van der Waals surface area contributed by atoms with Gasteiger partial charge in [0.05, 0.1) is 11.4 Å². The molecule has 6 aromatic carbocycles. The van der Waals surface area contributed by atoms with Crippen molar-refractivity contribution in [2.45, 2.75) is 33.1 Å². The molecule has 0 spiro atoms. The molecule has 41 heavy (non-hydrogen) atoms. The number of hydrogen-bond donors (Lipinski definition) is 0. The lowest BCUT2D eigenvalue weighted by molar-refractivity contribution is 0.660. The largest absolute Gasteiger partial charge is 0.454 e. The molecular formula is C39H31NO. The highest BCUT2D eigenvalue weighted by Crippen LogP contribution is 2.55. The molecular weight excluding hydrogens is 498 g/mol. The van der Waals surface area contributed by atoms with Gasteiger partial charge in [-0.3, -0.25) is 0 Å². The van der Waals surface area contributed by atoms with Crippen LogP contribution in [0.5, 0.6) is 0 Å². The molecule has 1 heterocycles. The van der Waals surface area contributed by atoms with Crippen molar-refractivity contribution in [1.29, 1.82) is 0 Å². The molecule has 1 aromatic heterocycles. The van der Waals surface area contributed by atoms with E-state index in [2.05, 4.69) is 142 Å². The van der Waals surface area contributed by atoms with Crippen molar-refractivity contribution in [2.75, 3.05) is 4.90 Å². The van der Waals surface area contributed by atoms with E-state index in [1.54, 1.807) is 0 Å². The normalized spacial score (nSPS) is 13.6. The number of para-hydroxylation sites is 2. The van der Waals surface area contributed by atoms with E-state index in [4.69, 9.17) is 4.42 Å². The smallest absolute Gasteiger partial charge is 0.159 e. The lowest BCUT2D eigenvalue weighted by atomic mass is 9.81. The summed E-state index contributed by atoms with van der Waals surface area (Å²) in [6.07, 6.45) is 0. The molecule has 8 rings (SSSR count). The maximum absolute atomic E-state index is 6.60. The minimum Gasteiger partial charge on any atom is -0.454 e. The average molecular weight is 530 g/mol. The summed E-state index contributed by atoms with van der Waals surface area (Å²) in [6, 6.07) is 41.9. The van der Waals surface area contributed by atoms with E-state index < -0.39 is 0 Å². The summed E-state index contributed by atoms with van der Waals surface area (Å²) in [7, 11) is 0. The van der Waals surface area contributed by atoms with Crippen LogP contribution in [0.25, 0.3) is 43.8 Å². The maximum Gasteiger partial charge on any atom is 0.159 e. The van der Waals surface area contributed by atoms with E-state index in [-0.39, 0.29) is 5.41 Å². The molecule has 0 saturated carbocycles. The van der Waals surface area contributed by atoms with Crippen molar-refractivity contribution in [2.24, 2.45) is 0 Å². The zero-order valence-electron chi connectivity index (χ0n) is 23.8. The molecule has 0 bridgehead atoms. The van der Waals surface area contributed by atoms with Crippen molar-refractivity contribution >= 4 is 49.8 Å². The van der Waals surface area contributed by atoms with Gasteiger partial charge < -0.3 is 9.32 Å². The highest BCUT2D eigenvalue weighted by atomic mass is 16.3. The van der Waals surface area contributed by atoms with Crippen molar-refractivity contribution < 1.29 is 4.42 Å². The monoisotopic (exact) mass is 529 g/mol. The zero-order chi connectivity index (χ0) is 27.9. The van der Waals surface area contributed by atoms with Crippen LogP contribution in [0.15, 0.2) is 120 Å². The van der Waals surface area contributed by atoms with Gasteiger partial charge in [0.25, 0.3) is 0 Å². The van der Waals surface area contributed by atoms with Gasteiger partial charge in [0.2, 0.25) is 0 Å². The Morgan fingerprint density at radius 2 is 1.24 bits per heavy atom. The molecule has 1 aliphatic rings. The van der Waals surface area contributed by atoms with E-state index in [1.165, 1.54) is 44.2 Å². The van der Waals surface area contributed by atoms with E-state index in [9.17, 15) is 0 Å². The fourth-order valence-electron chi connectivity index (χ4n) is 6.87. The van der Waals surface area contributed by atoms with Crippen molar-refractivity contribution in [3.63, 3.8) is 0 Å². The first-order valence-electron chi connectivity index (χ1n) is 14.4. The van der Waals surface area contributed by atoms with Crippen LogP contribution in [0.3, 0.4) is 0 Å². The molecule has 1 aliphatic carbocycles. The summed E-state index contributed by atoms with van der Waals surface area (Å²) in [4.78, 5) is 2.40. The van der Waals surface area contributed by atoms with Crippen molar-refractivity contribution in [1.82, 2.24) is 0 Å². The molecule has 2 heteroatoms. The van der Waals surface area contributed by atoms with Gasteiger partial charge in [-0.1, -0.05) is 110 Å². The Labute approximate surface area is 240 Å². The molecule has 0 radical (unpaired) electrons. The second kappa shape index (κ2) is 8.59. The van der Waals surface area contributed by atoms with Gasteiger partial charge >= 0.3 is 0 Å². The number of anilines is 3. The number of furan rings is 1. The summed E-state index contributed by atoms with van der Waals surface area (Å²) in [5.74, 6) is 0. The quantitative estimate of drug-likeness (QED) is 0.226. The van der Waals surface area contributed by atoms with Crippen molar-refractivity contribution in [3.05, 3.63) is 138 Å². The second-order valence-corrected chi connectivity index (χ2v) is 12.0. The van der Waals surface area contributed by atoms with Gasteiger partial charge in [0.1, 0.15) is 5.58 Å². The van der Waals surface area contributed by atoms with Gasteiger partial charge in [-0.05, 0) is 71.8 Å². The van der Waals surface area contributed by atoms with Crippen LogP contribution in [0, 0.1) is 13.8 Å². The van der Waals surface area contributed by atoms with Crippen LogP contribution in [0.4, 0.5) is 17.1 Å². The maximum atomic E-state index is 6.60. The van der Waals surface area contributed by atoms with Gasteiger partial charge in [-0.25, -0.2) is 0 Å². The predicted molar refractivity (Wildman–Crippen MR) is 173 cm³/mol. The van der Waals surface area contributed by atoms with E-state index >= 15 is 0 Å². The van der Waals surface area contributed by atoms with E-state index in [0.29, 0.717) is 0 Å². The molecule has 198 valence electrons. The van der Waals surface area contributed by atoms with Crippen molar-refractivity contribution in [3.8, 4) is 11.1 Å². The summed E-state index contributed by atoms with van der Waals surface area (Å²) in [5.41, 5.74) is 13.0. The Kier molecular flexibility index (Phi) is 5.03. The lowest BCUT2D eigenvalue weighted by Gasteiger charge is -2.30. The third kappa shape index (κ3) is 3.44. The molecule has 0 saturated heterocycles. The number of nitrogens with zero attached hydrogens (tertiary/aromatic N) is 1. The van der Waals surface area contributed by atoms with Gasteiger partial charge in [0.15, 0.2) is 5.58 Å². The van der Waals surface area contributed by atoms with Crippen LogP contribution in [-0.2, 0) is 5.41 Å². The summed E-state index contributed by atoms with van der Waals surface area (Å²) in [6.45, 7) is 9.06. The van der Waals surface area contributed by atoms with Crippen LogP contribution >= 0.6 is 0 Å². The number of benzene rings is 6. The minimum absolute atomic E-state index is 0.125. The highest BCUT2D eigenvalue weighted by molar-refractivity contribution is 6.14. The SMILES string of the molecule is Cc1ccc(N(c2cc3c(c4ccccc24)-c2ccc(C)cc2C3(C)C)c2cccc3c2oc2ccccc23)cc1. The third-order valence-electron chi connectivity index (χ3n) is 8.97. The molecule has 0 aliphatic heterocycles. The Bertz CT molecular complexity index is 2150. The fourth-order valence-corrected chi connectivity index (χ4v) is 6.87. The summed E-state index contributed by atoms with van der Waals surface area (Å²) < 4.78 is 6.60. The molecule has 0 atom stereocenters. The van der Waals surface area contributed by atoms with Gasteiger partial charge in [-0.15, -0.1) is 0 Å². The zero-order valence-corrected chi connectivity index (χ0v) is 23.8.